The van der Waals surface area contributed by atoms with Crippen LogP contribution in [0.25, 0.3) is 0 Å². The lowest BCUT2D eigenvalue weighted by molar-refractivity contribution is -0.130. The smallest absolute Gasteiger partial charge is 0.223 e. The highest BCUT2D eigenvalue weighted by molar-refractivity contribution is 7.99. The molecular weight excluding hydrogens is 332 g/mol. The van der Waals surface area contributed by atoms with Crippen molar-refractivity contribution < 1.29 is 9.53 Å². The first-order valence-corrected chi connectivity index (χ1v) is 9.02. The molecule has 1 N–H and O–H groups in total. The fraction of sp³-hybridized carbons (Fsp3) is 0.588. The molecule has 23 heavy (non-hydrogen) atoms. The molecule has 1 saturated heterocycles. The van der Waals surface area contributed by atoms with E-state index in [0.717, 1.165) is 43.2 Å². The number of amides is 1. The van der Waals surface area contributed by atoms with E-state index in [-0.39, 0.29) is 18.3 Å². The molecule has 1 unspecified atom stereocenters. The van der Waals surface area contributed by atoms with Crippen LogP contribution in [0.15, 0.2) is 24.3 Å². The second-order valence-electron chi connectivity index (χ2n) is 5.70. The second kappa shape index (κ2) is 10.8. The van der Waals surface area contributed by atoms with Crippen molar-refractivity contribution in [3.63, 3.8) is 0 Å². The van der Waals surface area contributed by atoms with Gasteiger partial charge in [-0.05, 0) is 30.5 Å². The van der Waals surface area contributed by atoms with Crippen molar-refractivity contribution in [1.82, 2.24) is 10.2 Å². The largest absolute Gasteiger partial charge is 0.497 e. The number of methoxy groups -OCH3 is 1. The maximum Gasteiger partial charge on any atom is 0.223 e. The van der Waals surface area contributed by atoms with Crippen LogP contribution in [0.3, 0.4) is 0 Å². The summed E-state index contributed by atoms with van der Waals surface area (Å²) in [5.41, 5.74) is 1.28. The molecule has 0 aromatic heterocycles. The minimum Gasteiger partial charge on any atom is -0.497 e. The number of hydrogen-bond donors (Lipinski definition) is 1. The Morgan fingerprint density at radius 2 is 2.13 bits per heavy atom. The molecule has 2 rings (SSSR count). The monoisotopic (exact) mass is 358 g/mol. The number of rotatable bonds is 7. The maximum atomic E-state index is 12.2. The van der Waals surface area contributed by atoms with Crippen molar-refractivity contribution in [3.8, 4) is 5.75 Å². The Morgan fingerprint density at radius 1 is 1.39 bits per heavy atom. The van der Waals surface area contributed by atoms with Gasteiger partial charge in [0.1, 0.15) is 5.75 Å². The standard InChI is InChI=1S/C17H26N2O2S.ClH/c1-19(17(20)12-15-13-22-11-9-18-15)10-3-4-14-5-7-16(21-2)8-6-14;/h5-8,15,18H,3-4,9-13H2,1-2H3;1H. The van der Waals surface area contributed by atoms with Crippen LogP contribution in [0.1, 0.15) is 18.4 Å². The van der Waals surface area contributed by atoms with Gasteiger partial charge in [-0.25, -0.2) is 0 Å². The first-order valence-electron chi connectivity index (χ1n) is 7.87. The Labute approximate surface area is 149 Å². The Morgan fingerprint density at radius 3 is 2.74 bits per heavy atom. The topological polar surface area (TPSA) is 41.6 Å². The van der Waals surface area contributed by atoms with Crippen LogP contribution < -0.4 is 10.1 Å². The summed E-state index contributed by atoms with van der Waals surface area (Å²) >= 11 is 1.93. The van der Waals surface area contributed by atoms with E-state index >= 15 is 0 Å². The second-order valence-corrected chi connectivity index (χ2v) is 6.85. The number of carbonyl (C=O) groups is 1. The Kier molecular flexibility index (Phi) is 9.44. The van der Waals surface area contributed by atoms with Gasteiger partial charge in [-0.2, -0.15) is 11.8 Å². The molecule has 0 bridgehead atoms. The van der Waals surface area contributed by atoms with Crippen molar-refractivity contribution in [2.75, 3.05) is 38.8 Å². The minimum absolute atomic E-state index is 0. The van der Waals surface area contributed by atoms with Gasteiger partial charge in [-0.15, -0.1) is 12.4 Å². The van der Waals surface area contributed by atoms with E-state index in [1.165, 1.54) is 5.56 Å². The van der Waals surface area contributed by atoms with Crippen molar-refractivity contribution >= 4 is 30.1 Å². The van der Waals surface area contributed by atoms with Gasteiger partial charge in [0.2, 0.25) is 5.91 Å². The number of aryl methyl sites for hydroxylation is 1. The number of thioether (sulfide) groups is 1. The van der Waals surface area contributed by atoms with E-state index < -0.39 is 0 Å². The van der Waals surface area contributed by atoms with Gasteiger partial charge >= 0.3 is 0 Å². The van der Waals surface area contributed by atoms with Crippen LogP contribution in [-0.4, -0.2) is 55.6 Å². The third kappa shape index (κ3) is 7.02. The third-order valence-electron chi connectivity index (χ3n) is 3.96. The summed E-state index contributed by atoms with van der Waals surface area (Å²) in [5.74, 6) is 3.33. The van der Waals surface area contributed by atoms with Gasteiger partial charge in [-0.1, -0.05) is 12.1 Å². The van der Waals surface area contributed by atoms with Gasteiger partial charge in [0.05, 0.1) is 7.11 Å². The van der Waals surface area contributed by atoms with Crippen LogP contribution in [0.4, 0.5) is 0 Å². The van der Waals surface area contributed by atoms with Crippen molar-refractivity contribution in [2.24, 2.45) is 0 Å². The molecule has 1 aliphatic rings. The van der Waals surface area contributed by atoms with Gasteiger partial charge in [0.25, 0.3) is 0 Å². The Hall–Kier alpha value is -0.910. The summed E-state index contributed by atoms with van der Waals surface area (Å²) in [6.45, 7) is 1.83. The van der Waals surface area contributed by atoms with Crippen molar-refractivity contribution in [3.05, 3.63) is 29.8 Å². The molecule has 1 atom stereocenters. The predicted molar refractivity (Wildman–Crippen MR) is 99.9 cm³/mol. The van der Waals surface area contributed by atoms with Gasteiger partial charge in [-0.3, -0.25) is 4.79 Å². The highest BCUT2D eigenvalue weighted by atomic mass is 35.5. The van der Waals surface area contributed by atoms with Gasteiger partial charge in [0, 0.05) is 44.1 Å². The van der Waals surface area contributed by atoms with E-state index in [1.807, 2.05) is 35.8 Å². The van der Waals surface area contributed by atoms with E-state index in [9.17, 15) is 4.79 Å². The molecule has 1 fully saturated rings. The summed E-state index contributed by atoms with van der Waals surface area (Å²) in [7, 11) is 3.58. The SMILES string of the molecule is COc1ccc(CCCN(C)C(=O)CC2CSCCN2)cc1.Cl. The quantitative estimate of drug-likeness (QED) is 0.813. The van der Waals surface area contributed by atoms with E-state index in [2.05, 4.69) is 17.4 Å². The average Bonchev–Trinajstić information content (AvgIpc) is 2.56. The zero-order valence-corrected chi connectivity index (χ0v) is 15.5. The molecule has 6 heteroatoms. The minimum atomic E-state index is 0. The van der Waals surface area contributed by atoms with Crippen molar-refractivity contribution in [2.45, 2.75) is 25.3 Å². The summed E-state index contributed by atoms with van der Waals surface area (Å²) in [4.78, 5) is 14.1. The lowest BCUT2D eigenvalue weighted by atomic mass is 10.1. The Balaban J connectivity index is 0.00000264. The summed E-state index contributed by atoms with van der Waals surface area (Å²) < 4.78 is 5.15. The summed E-state index contributed by atoms with van der Waals surface area (Å²) in [6, 6.07) is 8.48. The maximum absolute atomic E-state index is 12.2. The van der Waals surface area contributed by atoms with Crippen LogP contribution in [0.5, 0.6) is 5.75 Å². The van der Waals surface area contributed by atoms with Crippen LogP contribution >= 0.6 is 24.2 Å². The van der Waals surface area contributed by atoms with Crippen molar-refractivity contribution in [1.29, 1.82) is 0 Å². The van der Waals surface area contributed by atoms with Crippen LogP contribution in [0, 0.1) is 0 Å². The molecule has 1 aliphatic heterocycles. The lowest BCUT2D eigenvalue weighted by Crippen LogP contribution is -2.42. The molecule has 1 amide bonds. The normalized spacial score (nSPS) is 17.2. The van der Waals surface area contributed by atoms with Gasteiger partial charge in [0.15, 0.2) is 0 Å². The first kappa shape index (κ1) is 20.1. The number of benzene rings is 1. The average molecular weight is 359 g/mol. The molecule has 0 saturated carbocycles. The molecule has 0 spiro atoms. The third-order valence-corrected chi connectivity index (χ3v) is 5.09. The predicted octanol–water partition coefficient (Wildman–Crippen LogP) is 2.60. The number of nitrogens with one attached hydrogen (secondary N) is 1. The summed E-state index contributed by atoms with van der Waals surface area (Å²) in [6.07, 6.45) is 2.59. The highest BCUT2D eigenvalue weighted by Gasteiger charge is 2.18. The number of nitrogens with zero attached hydrogens (tertiary/aromatic N) is 1. The molecule has 0 radical (unpaired) electrons. The lowest BCUT2D eigenvalue weighted by Gasteiger charge is -2.25. The molecule has 1 aromatic rings. The van der Waals surface area contributed by atoms with E-state index in [0.29, 0.717) is 12.5 Å². The number of hydrogen-bond acceptors (Lipinski definition) is 4. The highest BCUT2D eigenvalue weighted by Crippen LogP contribution is 2.13. The zero-order chi connectivity index (χ0) is 15.8. The van der Waals surface area contributed by atoms with Crippen LogP contribution in [0.2, 0.25) is 0 Å². The fourth-order valence-corrected chi connectivity index (χ4v) is 3.50. The molecule has 4 nitrogen and oxygen atoms in total. The molecular formula is C17H27ClN2O2S. The number of carbonyl (C=O) groups excluding carboxylic acids is 1. The number of ether oxygens (including phenoxy) is 1. The fourth-order valence-electron chi connectivity index (χ4n) is 2.55. The molecule has 1 heterocycles. The van der Waals surface area contributed by atoms with E-state index in [4.69, 9.17) is 4.74 Å². The first-order chi connectivity index (χ1) is 10.7. The zero-order valence-electron chi connectivity index (χ0n) is 13.9. The molecule has 1 aromatic carbocycles. The molecule has 130 valence electrons. The van der Waals surface area contributed by atoms with Gasteiger partial charge < -0.3 is 15.0 Å². The number of halogens is 1. The van der Waals surface area contributed by atoms with Crippen LogP contribution in [-0.2, 0) is 11.2 Å². The Bertz CT molecular complexity index is 464. The molecule has 0 aliphatic carbocycles. The van der Waals surface area contributed by atoms with E-state index in [1.54, 1.807) is 7.11 Å². The summed E-state index contributed by atoms with van der Waals surface area (Å²) in [5, 5.41) is 3.42.